The van der Waals surface area contributed by atoms with E-state index in [-0.39, 0.29) is 35.0 Å². The number of carbonyl (C=O) groups excluding carboxylic acids is 1. The van der Waals surface area contributed by atoms with Gasteiger partial charge in [-0.2, -0.15) is 0 Å². The standard InChI is InChI=1S/C49H57N9O7S/c1-31(2)37-8-5-6-9-38(37)40-10-7-21-57(40)35-27-49(28-35)18-22-56(23-19-49)34-11-12-39(42(25-34)65-36-24-33-15-20-51-44(33)53-30-36)47(59)55-66(63,64)43-26-41(58(61)62)45(54-46(43)50-4)52-29-32-13-16-48(3,60)17-14-32/h5-6,8-9,11-12,15,20,24-26,30-32,35,40,60H,7,10,13-14,16-19,21-23,27-29H2,1-3H3,(H,51,53)(H,52,54)(H,55,59)/t32?,40-,48?/m1/s1. The zero-order valence-corrected chi connectivity index (χ0v) is 38.4. The van der Waals surface area contributed by atoms with Gasteiger partial charge in [-0.1, -0.05) is 49.7 Å². The summed E-state index contributed by atoms with van der Waals surface area (Å²) in [7, 11) is -4.88. The van der Waals surface area contributed by atoms with Crippen LogP contribution in [0.2, 0.25) is 0 Å². The number of aromatic amines is 1. The Balaban J connectivity index is 0.919. The van der Waals surface area contributed by atoms with Gasteiger partial charge in [-0.25, -0.2) is 18.1 Å². The summed E-state index contributed by atoms with van der Waals surface area (Å²) in [6.45, 7) is 17.1. The van der Waals surface area contributed by atoms with Gasteiger partial charge in [0.25, 0.3) is 27.6 Å². The minimum atomic E-state index is -4.88. The van der Waals surface area contributed by atoms with E-state index in [9.17, 15) is 28.4 Å². The second-order valence-electron chi connectivity index (χ2n) is 19.4. The van der Waals surface area contributed by atoms with E-state index >= 15 is 0 Å². The Morgan fingerprint density at radius 2 is 1.82 bits per heavy atom. The first-order valence-corrected chi connectivity index (χ1v) is 24.5. The van der Waals surface area contributed by atoms with Gasteiger partial charge in [-0.3, -0.25) is 19.8 Å². The fraction of sp³-hybridized carbons (Fsp3) is 0.469. The number of likely N-dealkylation sites (tertiary alicyclic amines) is 1. The molecule has 0 radical (unpaired) electrons. The van der Waals surface area contributed by atoms with Crippen LogP contribution in [0.15, 0.2) is 78.0 Å². The molecule has 346 valence electrons. The fourth-order valence-corrected chi connectivity index (χ4v) is 11.9. The van der Waals surface area contributed by atoms with Gasteiger partial charge in [-0.15, -0.1) is 0 Å². The van der Waals surface area contributed by atoms with Gasteiger partial charge in [0.1, 0.15) is 22.0 Å². The molecule has 3 aromatic heterocycles. The molecule has 4 N–H and O–H groups in total. The number of hydrogen-bond donors (Lipinski definition) is 4. The molecule has 2 aliphatic heterocycles. The summed E-state index contributed by atoms with van der Waals surface area (Å²) < 4.78 is 36.2. The van der Waals surface area contributed by atoms with E-state index in [4.69, 9.17) is 11.3 Å². The fourth-order valence-electron chi connectivity index (χ4n) is 10.8. The van der Waals surface area contributed by atoms with Crippen molar-refractivity contribution in [3.05, 3.63) is 111 Å². The van der Waals surface area contributed by atoms with Crippen LogP contribution in [0.1, 0.15) is 118 Å². The van der Waals surface area contributed by atoms with Crippen molar-refractivity contribution in [1.82, 2.24) is 24.6 Å². The normalized spacial score (nSPS) is 22.3. The number of sulfonamides is 1. The number of benzene rings is 2. The van der Waals surface area contributed by atoms with E-state index in [2.05, 4.69) is 73.0 Å². The molecule has 4 fully saturated rings. The number of amides is 1. The number of rotatable bonds is 13. The number of nitro groups is 1. The third-order valence-electron chi connectivity index (χ3n) is 14.6. The van der Waals surface area contributed by atoms with Gasteiger partial charge in [0.15, 0.2) is 0 Å². The van der Waals surface area contributed by atoms with Crippen molar-refractivity contribution in [3.8, 4) is 11.5 Å². The van der Waals surface area contributed by atoms with Crippen molar-refractivity contribution in [2.75, 3.05) is 36.4 Å². The second-order valence-corrected chi connectivity index (χ2v) is 21.1. The predicted molar refractivity (Wildman–Crippen MR) is 252 cm³/mol. The molecule has 5 heterocycles. The number of fused-ring (bicyclic) bond motifs is 1. The number of anilines is 2. The lowest BCUT2D eigenvalue weighted by Gasteiger charge is -2.56. The molecule has 17 heteroatoms. The molecule has 16 nitrogen and oxygen atoms in total. The van der Waals surface area contributed by atoms with E-state index < -0.39 is 42.9 Å². The number of aliphatic hydroxyl groups is 1. The summed E-state index contributed by atoms with van der Waals surface area (Å²) >= 11 is 0. The number of nitrogens with zero attached hydrogens (tertiary/aromatic N) is 6. The Bertz CT molecular complexity index is 2790. The Morgan fingerprint density at radius 3 is 2.55 bits per heavy atom. The monoisotopic (exact) mass is 915 g/mol. The number of ether oxygens (including phenoxy) is 1. The van der Waals surface area contributed by atoms with Crippen LogP contribution in [-0.4, -0.2) is 82.0 Å². The quantitative estimate of drug-likeness (QED) is 0.0496. The summed E-state index contributed by atoms with van der Waals surface area (Å²) in [5.41, 5.74) is 3.13. The minimum Gasteiger partial charge on any atom is -0.455 e. The number of hydrogen-bond acceptors (Lipinski definition) is 12. The van der Waals surface area contributed by atoms with Gasteiger partial charge in [0.05, 0.1) is 22.3 Å². The summed E-state index contributed by atoms with van der Waals surface area (Å²) in [5.74, 6) is -0.973. The van der Waals surface area contributed by atoms with Crippen LogP contribution in [0.5, 0.6) is 11.5 Å². The maximum Gasteiger partial charge on any atom is 0.335 e. The van der Waals surface area contributed by atoms with Crippen molar-refractivity contribution < 1.29 is 28.0 Å². The van der Waals surface area contributed by atoms with E-state index in [1.165, 1.54) is 49.1 Å². The van der Waals surface area contributed by atoms with Crippen LogP contribution in [0, 0.1) is 28.0 Å². The van der Waals surface area contributed by atoms with Crippen molar-refractivity contribution in [2.24, 2.45) is 11.3 Å². The van der Waals surface area contributed by atoms with Crippen LogP contribution >= 0.6 is 0 Å². The molecule has 1 amide bonds. The Labute approximate surface area is 385 Å². The third kappa shape index (κ3) is 9.18. The van der Waals surface area contributed by atoms with Crippen molar-refractivity contribution >= 4 is 50.0 Å². The first kappa shape index (κ1) is 45.1. The molecule has 4 aliphatic rings. The lowest BCUT2D eigenvalue weighted by atomic mass is 9.59. The topological polar surface area (TPSA) is 200 Å². The van der Waals surface area contributed by atoms with Gasteiger partial charge in [0, 0.05) is 61.1 Å². The zero-order chi connectivity index (χ0) is 46.4. The highest BCUT2D eigenvalue weighted by Crippen LogP contribution is 2.54. The largest absolute Gasteiger partial charge is 0.455 e. The van der Waals surface area contributed by atoms with E-state index in [0.29, 0.717) is 55.1 Å². The van der Waals surface area contributed by atoms with Crippen molar-refractivity contribution in [2.45, 2.75) is 113 Å². The highest BCUT2D eigenvalue weighted by Gasteiger charge is 2.50. The molecule has 5 aromatic rings. The number of piperidine rings is 1. The number of H-pyrrole nitrogens is 1. The maximum absolute atomic E-state index is 14.1. The lowest BCUT2D eigenvalue weighted by Crippen LogP contribution is -2.54. The summed E-state index contributed by atoms with van der Waals surface area (Å²) in [4.78, 5) is 44.6. The number of aromatic nitrogens is 3. The molecule has 1 atom stereocenters. The molecule has 0 unspecified atom stereocenters. The molecule has 2 aromatic carbocycles. The molecule has 0 bridgehead atoms. The van der Waals surface area contributed by atoms with Crippen LogP contribution in [-0.2, 0) is 10.0 Å². The highest BCUT2D eigenvalue weighted by molar-refractivity contribution is 7.90. The van der Waals surface area contributed by atoms with E-state index in [1.807, 2.05) is 10.8 Å². The SMILES string of the molecule is [C-]#[N+]c1nc(NCC2CCC(C)(O)CC2)c([N+](=O)[O-])cc1S(=O)(=O)NC(=O)c1ccc(N2CCC3(CC2)CC(N2CCC[C@@H]2c2ccccc2C(C)C)C3)cc1Oc1cnc2[nH]ccc2c1. The average molecular weight is 916 g/mol. The molecule has 2 saturated carbocycles. The Hall–Kier alpha value is -6.09. The summed E-state index contributed by atoms with van der Waals surface area (Å²) in [6, 6.07) is 19.3. The maximum atomic E-state index is 14.1. The second kappa shape index (κ2) is 17.9. The molecule has 2 saturated heterocycles. The van der Waals surface area contributed by atoms with E-state index in [0.717, 1.165) is 49.6 Å². The number of nitrogens with one attached hydrogen (secondary N) is 3. The van der Waals surface area contributed by atoms with Crippen molar-refractivity contribution in [3.63, 3.8) is 0 Å². The molecule has 2 aliphatic carbocycles. The minimum absolute atomic E-state index is 0.0842. The summed E-state index contributed by atoms with van der Waals surface area (Å²) in [6.07, 6.45) is 12.6. The predicted octanol–water partition coefficient (Wildman–Crippen LogP) is 9.39. The van der Waals surface area contributed by atoms with E-state index in [1.54, 1.807) is 31.3 Å². The molecule has 66 heavy (non-hydrogen) atoms. The Kier molecular flexibility index (Phi) is 12.3. The first-order valence-electron chi connectivity index (χ1n) is 23.1. The molecular weight excluding hydrogens is 859 g/mol. The van der Waals surface area contributed by atoms with Gasteiger partial charge < -0.3 is 29.9 Å². The number of pyridine rings is 2. The van der Waals surface area contributed by atoms with Crippen LogP contribution < -0.4 is 19.7 Å². The third-order valence-corrected chi connectivity index (χ3v) is 15.9. The summed E-state index contributed by atoms with van der Waals surface area (Å²) in [5, 5.41) is 26.3. The molecule has 9 rings (SSSR count). The van der Waals surface area contributed by atoms with Crippen LogP contribution in [0.3, 0.4) is 0 Å². The molecule has 1 spiro atoms. The first-order chi connectivity index (χ1) is 31.6. The smallest absolute Gasteiger partial charge is 0.335 e. The van der Waals surface area contributed by atoms with Crippen LogP contribution in [0.4, 0.5) is 23.0 Å². The lowest BCUT2D eigenvalue weighted by molar-refractivity contribution is -0.384. The Morgan fingerprint density at radius 1 is 1.06 bits per heavy atom. The van der Waals surface area contributed by atoms with Crippen molar-refractivity contribution in [1.29, 1.82) is 0 Å². The van der Waals surface area contributed by atoms with Crippen LogP contribution in [0.25, 0.3) is 15.9 Å². The van der Waals surface area contributed by atoms with Gasteiger partial charge >= 0.3 is 5.69 Å². The highest BCUT2D eigenvalue weighted by atomic mass is 32.2. The van der Waals surface area contributed by atoms with Gasteiger partial charge in [-0.05, 0) is 130 Å². The average Bonchev–Trinajstić information content (AvgIpc) is 3.97. The molecular formula is C49H57N9O7S. The number of carbonyl (C=O) groups is 1. The zero-order valence-electron chi connectivity index (χ0n) is 37.6. The van der Waals surface area contributed by atoms with Gasteiger partial charge in [0.2, 0.25) is 0 Å².